The molecule has 0 spiro atoms. The van der Waals surface area contributed by atoms with Crippen LogP contribution in [0.4, 0.5) is 5.69 Å². The first kappa shape index (κ1) is 16.3. The summed E-state index contributed by atoms with van der Waals surface area (Å²) in [6.07, 6.45) is 1.95. The van der Waals surface area contributed by atoms with Crippen molar-refractivity contribution < 1.29 is 4.79 Å². The highest BCUT2D eigenvalue weighted by Crippen LogP contribution is 2.29. The van der Waals surface area contributed by atoms with Crippen molar-refractivity contribution in [3.05, 3.63) is 28.8 Å². The maximum atomic E-state index is 12.3. The average molecular weight is 303 g/mol. The number of hydrogen-bond donors (Lipinski definition) is 2. The van der Waals surface area contributed by atoms with Gasteiger partial charge in [0.2, 0.25) is 5.91 Å². The molecule has 0 bridgehead atoms. The highest BCUT2D eigenvalue weighted by molar-refractivity contribution is 6.33. The van der Waals surface area contributed by atoms with Gasteiger partial charge >= 0.3 is 0 Å². The first-order chi connectivity index (χ1) is 8.51. The van der Waals surface area contributed by atoms with Crippen LogP contribution in [-0.4, -0.2) is 19.0 Å². The molecule has 2 rings (SSSR count). The van der Waals surface area contributed by atoms with Crippen molar-refractivity contribution in [1.82, 2.24) is 5.32 Å². The first-order valence-electron chi connectivity index (χ1n) is 6.30. The molecule has 1 atom stereocenters. The summed E-state index contributed by atoms with van der Waals surface area (Å²) >= 11 is 6.13. The van der Waals surface area contributed by atoms with Crippen LogP contribution in [0.1, 0.15) is 25.3 Å². The molecule has 1 aliphatic heterocycles. The van der Waals surface area contributed by atoms with Crippen LogP contribution in [0.25, 0.3) is 0 Å². The Bertz CT molecular complexity index is 457. The third-order valence-electron chi connectivity index (χ3n) is 3.52. The van der Waals surface area contributed by atoms with Gasteiger partial charge < -0.3 is 10.6 Å². The lowest BCUT2D eigenvalue weighted by Gasteiger charge is -2.32. The first-order valence-corrected chi connectivity index (χ1v) is 6.67. The topological polar surface area (TPSA) is 41.1 Å². The molecule has 0 aliphatic carbocycles. The molecule has 1 amide bonds. The average Bonchev–Trinajstić information content (AvgIpc) is 2.33. The Morgan fingerprint density at radius 1 is 1.47 bits per heavy atom. The Labute approximate surface area is 125 Å². The second-order valence-electron chi connectivity index (χ2n) is 5.28. The van der Waals surface area contributed by atoms with E-state index in [1.165, 1.54) is 0 Å². The van der Waals surface area contributed by atoms with Gasteiger partial charge in [-0.3, -0.25) is 4.79 Å². The van der Waals surface area contributed by atoms with Crippen LogP contribution in [0.15, 0.2) is 18.2 Å². The number of nitrogens with one attached hydrogen (secondary N) is 2. The molecule has 106 valence electrons. The van der Waals surface area contributed by atoms with E-state index in [4.69, 9.17) is 11.6 Å². The van der Waals surface area contributed by atoms with Crippen LogP contribution in [0.2, 0.25) is 5.02 Å². The molecule has 0 radical (unpaired) electrons. The Balaban J connectivity index is 0.00000180. The van der Waals surface area contributed by atoms with Crippen molar-refractivity contribution in [2.75, 3.05) is 18.4 Å². The van der Waals surface area contributed by atoms with Crippen molar-refractivity contribution in [3.63, 3.8) is 0 Å². The highest BCUT2D eigenvalue weighted by atomic mass is 35.5. The number of carbonyl (C=O) groups excluding carboxylic acids is 1. The van der Waals surface area contributed by atoms with E-state index in [9.17, 15) is 4.79 Å². The fourth-order valence-corrected chi connectivity index (χ4v) is 2.53. The molecule has 0 aromatic heterocycles. The lowest BCUT2D eigenvalue weighted by molar-refractivity contribution is -0.125. The summed E-state index contributed by atoms with van der Waals surface area (Å²) in [6.45, 7) is 5.69. The zero-order chi connectivity index (χ0) is 13.2. The van der Waals surface area contributed by atoms with E-state index in [1.54, 1.807) is 0 Å². The van der Waals surface area contributed by atoms with Crippen LogP contribution >= 0.6 is 24.0 Å². The van der Waals surface area contributed by atoms with Crippen molar-refractivity contribution in [2.24, 2.45) is 5.41 Å². The summed E-state index contributed by atoms with van der Waals surface area (Å²) in [5.41, 5.74) is 1.44. The summed E-state index contributed by atoms with van der Waals surface area (Å²) in [4.78, 5) is 12.3. The van der Waals surface area contributed by atoms with Gasteiger partial charge in [0.15, 0.2) is 0 Å². The molecule has 1 aromatic carbocycles. The molecule has 0 saturated carbocycles. The molecule has 1 aromatic rings. The second-order valence-corrected chi connectivity index (χ2v) is 5.69. The summed E-state index contributed by atoms with van der Waals surface area (Å²) in [5.74, 6) is 0.0421. The predicted molar refractivity (Wildman–Crippen MR) is 82.3 cm³/mol. The number of aryl methyl sites for hydroxylation is 1. The van der Waals surface area contributed by atoms with E-state index in [-0.39, 0.29) is 23.7 Å². The van der Waals surface area contributed by atoms with Crippen LogP contribution in [0.3, 0.4) is 0 Å². The van der Waals surface area contributed by atoms with Gasteiger partial charge in [0.25, 0.3) is 0 Å². The monoisotopic (exact) mass is 302 g/mol. The van der Waals surface area contributed by atoms with Gasteiger partial charge in [-0.25, -0.2) is 0 Å². The molecule has 19 heavy (non-hydrogen) atoms. The SMILES string of the molecule is Cc1ccc(NC(=O)C2(C)CCCNC2)c(Cl)c1.Cl. The fourth-order valence-electron chi connectivity index (χ4n) is 2.24. The number of amides is 1. The van der Waals surface area contributed by atoms with Gasteiger partial charge in [-0.2, -0.15) is 0 Å². The normalized spacial score (nSPS) is 22.5. The molecule has 2 N–H and O–H groups in total. The molecule has 1 aliphatic rings. The maximum absolute atomic E-state index is 12.3. The quantitative estimate of drug-likeness (QED) is 0.879. The molecular weight excluding hydrogens is 283 g/mol. The Morgan fingerprint density at radius 2 is 2.21 bits per heavy atom. The van der Waals surface area contributed by atoms with Crippen molar-refractivity contribution >= 4 is 35.6 Å². The van der Waals surface area contributed by atoms with E-state index < -0.39 is 0 Å². The van der Waals surface area contributed by atoms with Gasteiger partial charge in [0, 0.05) is 6.54 Å². The van der Waals surface area contributed by atoms with E-state index in [0.717, 1.165) is 31.5 Å². The van der Waals surface area contributed by atoms with Crippen molar-refractivity contribution in [1.29, 1.82) is 0 Å². The summed E-state index contributed by atoms with van der Waals surface area (Å²) in [5, 5.41) is 6.80. The fraction of sp³-hybridized carbons (Fsp3) is 0.500. The molecule has 1 heterocycles. The maximum Gasteiger partial charge on any atom is 0.231 e. The highest BCUT2D eigenvalue weighted by Gasteiger charge is 2.34. The van der Waals surface area contributed by atoms with Crippen LogP contribution in [0.5, 0.6) is 0 Å². The van der Waals surface area contributed by atoms with Gasteiger partial charge in [-0.15, -0.1) is 12.4 Å². The third-order valence-corrected chi connectivity index (χ3v) is 3.83. The van der Waals surface area contributed by atoms with Gasteiger partial charge in [-0.05, 0) is 50.9 Å². The van der Waals surface area contributed by atoms with E-state index in [1.807, 2.05) is 32.0 Å². The minimum absolute atomic E-state index is 0. The number of piperidine rings is 1. The Morgan fingerprint density at radius 3 is 2.79 bits per heavy atom. The minimum Gasteiger partial charge on any atom is -0.324 e. The lowest BCUT2D eigenvalue weighted by Crippen LogP contribution is -2.46. The van der Waals surface area contributed by atoms with E-state index >= 15 is 0 Å². The number of carbonyl (C=O) groups is 1. The molecule has 1 fully saturated rings. The number of halogens is 2. The number of rotatable bonds is 2. The zero-order valence-corrected chi connectivity index (χ0v) is 12.8. The van der Waals surface area contributed by atoms with Crippen molar-refractivity contribution in [2.45, 2.75) is 26.7 Å². The number of benzene rings is 1. The van der Waals surface area contributed by atoms with Gasteiger partial charge in [0.1, 0.15) is 0 Å². The summed E-state index contributed by atoms with van der Waals surface area (Å²) in [6, 6.07) is 5.66. The Hall–Kier alpha value is -0.770. The molecular formula is C14H20Cl2N2O. The van der Waals surface area contributed by atoms with Crippen LogP contribution in [-0.2, 0) is 4.79 Å². The van der Waals surface area contributed by atoms with Crippen LogP contribution in [0, 0.1) is 12.3 Å². The van der Waals surface area contributed by atoms with E-state index in [2.05, 4.69) is 10.6 Å². The second kappa shape index (κ2) is 6.60. The summed E-state index contributed by atoms with van der Waals surface area (Å²) < 4.78 is 0. The zero-order valence-electron chi connectivity index (χ0n) is 11.3. The molecule has 5 heteroatoms. The largest absolute Gasteiger partial charge is 0.324 e. The predicted octanol–water partition coefficient (Wildman–Crippen LogP) is 3.40. The summed E-state index contributed by atoms with van der Waals surface area (Å²) in [7, 11) is 0. The van der Waals surface area contributed by atoms with Crippen molar-refractivity contribution in [3.8, 4) is 0 Å². The van der Waals surface area contributed by atoms with Crippen LogP contribution < -0.4 is 10.6 Å². The lowest BCUT2D eigenvalue weighted by atomic mass is 9.82. The molecule has 1 saturated heterocycles. The third kappa shape index (κ3) is 3.85. The molecule has 3 nitrogen and oxygen atoms in total. The minimum atomic E-state index is -0.341. The van der Waals surface area contributed by atoms with Gasteiger partial charge in [0.05, 0.1) is 16.1 Å². The smallest absolute Gasteiger partial charge is 0.231 e. The Kier molecular flexibility index (Phi) is 5.65. The standard InChI is InChI=1S/C14H19ClN2O.ClH/c1-10-4-5-12(11(15)8-10)17-13(18)14(2)6-3-7-16-9-14;/h4-5,8,16H,3,6-7,9H2,1-2H3,(H,17,18);1H. The molecule has 1 unspecified atom stereocenters. The number of hydrogen-bond acceptors (Lipinski definition) is 2. The number of anilines is 1. The van der Waals surface area contributed by atoms with Gasteiger partial charge in [-0.1, -0.05) is 17.7 Å². The van der Waals surface area contributed by atoms with E-state index in [0.29, 0.717) is 10.7 Å².